The van der Waals surface area contributed by atoms with Crippen molar-refractivity contribution >= 4 is 15.9 Å². The van der Waals surface area contributed by atoms with Gasteiger partial charge in [0.05, 0.1) is 22.4 Å². The molecule has 98 valence electrons. The summed E-state index contributed by atoms with van der Waals surface area (Å²) in [7, 11) is 1.95. The Balaban J connectivity index is 2.26. The summed E-state index contributed by atoms with van der Waals surface area (Å²) in [5.41, 5.74) is 7.97. The van der Waals surface area contributed by atoms with Gasteiger partial charge in [-0.1, -0.05) is 0 Å². The fraction of sp³-hybridized carbons (Fsp3) is 0.500. The van der Waals surface area contributed by atoms with Gasteiger partial charge < -0.3 is 10.3 Å². The van der Waals surface area contributed by atoms with Crippen LogP contribution in [0.1, 0.15) is 24.1 Å². The number of rotatable bonds is 4. The Hall–Kier alpha value is -1.14. The second-order valence-electron chi connectivity index (χ2n) is 4.62. The highest BCUT2D eigenvalue weighted by atomic mass is 79.9. The minimum absolute atomic E-state index is 0.114. The number of nitrogens with zero attached hydrogens (tertiary/aromatic N) is 4. The van der Waals surface area contributed by atoms with E-state index < -0.39 is 0 Å². The normalized spacial score (nSPS) is 12.9. The highest BCUT2D eigenvalue weighted by molar-refractivity contribution is 9.10. The molecular formula is C12H18BrN5. The molecule has 2 rings (SSSR count). The van der Waals surface area contributed by atoms with E-state index in [1.807, 2.05) is 38.0 Å². The van der Waals surface area contributed by atoms with Gasteiger partial charge in [0.15, 0.2) is 0 Å². The molecule has 2 aromatic rings. The molecule has 0 amide bonds. The summed E-state index contributed by atoms with van der Waals surface area (Å²) in [6.45, 7) is 4.73. The van der Waals surface area contributed by atoms with Crippen molar-refractivity contribution in [2.24, 2.45) is 12.8 Å². The standard InChI is InChI=1S/C12H18BrN5/c1-8(14)6-11-15-4-5-18(11)7-10-12(13)9(2)16-17(10)3/h4-5,8H,6-7,14H2,1-3H3. The van der Waals surface area contributed by atoms with Gasteiger partial charge in [0.1, 0.15) is 5.82 Å². The first kappa shape index (κ1) is 13.3. The van der Waals surface area contributed by atoms with Gasteiger partial charge in [-0.05, 0) is 29.8 Å². The van der Waals surface area contributed by atoms with E-state index in [4.69, 9.17) is 5.73 Å². The molecule has 1 atom stereocenters. The maximum atomic E-state index is 5.83. The summed E-state index contributed by atoms with van der Waals surface area (Å²) in [5.74, 6) is 1.01. The fourth-order valence-corrected chi connectivity index (χ4v) is 2.44. The van der Waals surface area contributed by atoms with Gasteiger partial charge in [0.25, 0.3) is 0 Å². The average molecular weight is 312 g/mol. The van der Waals surface area contributed by atoms with Gasteiger partial charge in [0, 0.05) is 31.9 Å². The number of aryl methyl sites for hydroxylation is 2. The third-order valence-electron chi connectivity index (χ3n) is 2.89. The summed E-state index contributed by atoms with van der Waals surface area (Å²) in [4.78, 5) is 4.36. The van der Waals surface area contributed by atoms with Crippen LogP contribution in [0.3, 0.4) is 0 Å². The van der Waals surface area contributed by atoms with Crippen LogP contribution in [0.5, 0.6) is 0 Å². The molecule has 1 unspecified atom stereocenters. The Morgan fingerprint density at radius 3 is 2.78 bits per heavy atom. The summed E-state index contributed by atoms with van der Waals surface area (Å²) in [6.07, 6.45) is 4.57. The van der Waals surface area contributed by atoms with Crippen molar-refractivity contribution in [1.29, 1.82) is 0 Å². The third-order valence-corrected chi connectivity index (χ3v) is 3.92. The van der Waals surface area contributed by atoms with E-state index in [-0.39, 0.29) is 6.04 Å². The summed E-state index contributed by atoms with van der Waals surface area (Å²) in [6, 6.07) is 0.114. The van der Waals surface area contributed by atoms with Crippen LogP contribution >= 0.6 is 15.9 Å². The second kappa shape index (κ2) is 5.24. The van der Waals surface area contributed by atoms with Gasteiger partial charge >= 0.3 is 0 Å². The smallest absolute Gasteiger partial charge is 0.110 e. The first-order valence-corrected chi connectivity index (χ1v) is 6.72. The van der Waals surface area contributed by atoms with Crippen molar-refractivity contribution < 1.29 is 0 Å². The molecule has 0 saturated carbocycles. The number of halogens is 1. The zero-order valence-corrected chi connectivity index (χ0v) is 12.5. The van der Waals surface area contributed by atoms with E-state index in [0.717, 1.165) is 34.7 Å². The lowest BCUT2D eigenvalue weighted by Gasteiger charge is -2.10. The Bertz CT molecular complexity index is 541. The van der Waals surface area contributed by atoms with Crippen molar-refractivity contribution in [3.8, 4) is 0 Å². The lowest BCUT2D eigenvalue weighted by molar-refractivity contribution is 0.615. The molecule has 0 saturated heterocycles. The van der Waals surface area contributed by atoms with E-state index in [9.17, 15) is 0 Å². The topological polar surface area (TPSA) is 61.7 Å². The number of hydrogen-bond acceptors (Lipinski definition) is 3. The van der Waals surface area contributed by atoms with Crippen molar-refractivity contribution in [1.82, 2.24) is 19.3 Å². The first-order chi connectivity index (χ1) is 8.49. The highest BCUT2D eigenvalue weighted by Crippen LogP contribution is 2.21. The maximum absolute atomic E-state index is 5.83. The average Bonchev–Trinajstić information content (AvgIpc) is 2.79. The Morgan fingerprint density at radius 1 is 1.50 bits per heavy atom. The van der Waals surface area contributed by atoms with Crippen LogP contribution in [0.15, 0.2) is 16.9 Å². The van der Waals surface area contributed by atoms with Crippen molar-refractivity contribution in [2.45, 2.75) is 32.9 Å². The van der Waals surface area contributed by atoms with Crippen molar-refractivity contribution in [2.75, 3.05) is 0 Å². The first-order valence-electron chi connectivity index (χ1n) is 5.92. The van der Waals surface area contributed by atoms with Gasteiger partial charge in [-0.2, -0.15) is 5.10 Å². The summed E-state index contributed by atoms with van der Waals surface area (Å²) >= 11 is 3.58. The fourth-order valence-electron chi connectivity index (χ4n) is 1.98. The predicted molar refractivity (Wildman–Crippen MR) is 74.3 cm³/mol. The minimum Gasteiger partial charge on any atom is -0.329 e. The lowest BCUT2D eigenvalue weighted by Crippen LogP contribution is -2.21. The molecule has 0 aromatic carbocycles. The molecule has 18 heavy (non-hydrogen) atoms. The van der Waals surface area contributed by atoms with Crippen LogP contribution in [0.2, 0.25) is 0 Å². The van der Waals surface area contributed by atoms with Crippen LogP contribution < -0.4 is 5.73 Å². The van der Waals surface area contributed by atoms with Crippen molar-refractivity contribution in [3.63, 3.8) is 0 Å². The zero-order chi connectivity index (χ0) is 13.3. The largest absolute Gasteiger partial charge is 0.329 e. The molecule has 0 spiro atoms. The van der Waals surface area contributed by atoms with E-state index in [1.54, 1.807) is 0 Å². The minimum atomic E-state index is 0.114. The van der Waals surface area contributed by atoms with Crippen LogP contribution in [0.25, 0.3) is 0 Å². The molecule has 2 heterocycles. The molecule has 0 aliphatic rings. The number of hydrogen-bond donors (Lipinski definition) is 1. The van der Waals surface area contributed by atoms with Crippen LogP contribution in [-0.2, 0) is 20.0 Å². The third kappa shape index (κ3) is 2.64. The molecule has 5 nitrogen and oxygen atoms in total. The van der Waals surface area contributed by atoms with E-state index in [1.165, 1.54) is 0 Å². The lowest BCUT2D eigenvalue weighted by atomic mass is 10.2. The molecule has 0 fully saturated rings. The molecule has 0 aliphatic heterocycles. The Labute approximate surface area is 115 Å². The highest BCUT2D eigenvalue weighted by Gasteiger charge is 2.13. The molecule has 2 N–H and O–H groups in total. The van der Waals surface area contributed by atoms with Crippen LogP contribution in [-0.4, -0.2) is 25.4 Å². The predicted octanol–water partition coefficient (Wildman–Crippen LogP) is 1.63. The van der Waals surface area contributed by atoms with Gasteiger partial charge in [-0.15, -0.1) is 0 Å². The quantitative estimate of drug-likeness (QED) is 0.933. The Kier molecular flexibility index (Phi) is 3.87. The number of imidazole rings is 1. The monoisotopic (exact) mass is 311 g/mol. The molecular weight excluding hydrogens is 294 g/mol. The van der Waals surface area contributed by atoms with Gasteiger partial charge in [-0.3, -0.25) is 4.68 Å². The summed E-state index contributed by atoms with van der Waals surface area (Å²) in [5, 5.41) is 4.39. The number of aromatic nitrogens is 4. The van der Waals surface area contributed by atoms with E-state index >= 15 is 0 Å². The Morgan fingerprint density at radius 2 is 2.22 bits per heavy atom. The van der Waals surface area contributed by atoms with E-state index in [2.05, 4.69) is 30.6 Å². The molecule has 0 radical (unpaired) electrons. The van der Waals surface area contributed by atoms with Crippen LogP contribution in [0, 0.1) is 6.92 Å². The van der Waals surface area contributed by atoms with Crippen molar-refractivity contribution in [3.05, 3.63) is 34.1 Å². The van der Waals surface area contributed by atoms with E-state index in [0.29, 0.717) is 0 Å². The molecule has 2 aromatic heterocycles. The van der Waals surface area contributed by atoms with Gasteiger partial charge in [-0.25, -0.2) is 4.98 Å². The zero-order valence-electron chi connectivity index (χ0n) is 10.9. The molecule has 0 aliphatic carbocycles. The van der Waals surface area contributed by atoms with Gasteiger partial charge in [0.2, 0.25) is 0 Å². The maximum Gasteiger partial charge on any atom is 0.110 e. The molecule has 6 heteroatoms. The van der Waals surface area contributed by atoms with Crippen LogP contribution in [0.4, 0.5) is 0 Å². The summed E-state index contributed by atoms with van der Waals surface area (Å²) < 4.78 is 5.07. The SMILES string of the molecule is Cc1nn(C)c(Cn2ccnc2CC(C)N)c1Br. The second-order valence-corrected chi connectivity index (χ2v) is 5.42. The number of nitrogens with two attached hydrogens (primary N) is 1. The molecule has 0 bridgehead atoms.